The summed E-state index contributed by atoms with van der Waals surface area (Å²) in [5.74, 6) is 1.32. The minimum absolute atomic E-state index is 0.254. The lowest BCUT2D eigenvalue weighted by molar-refractivity contribution is 0.171. The zero-order chi connectivity index (χ0) is 19.5. The van der Waals surface area contributed by atoms with Crippen LogP contribution < -0.4 is 14.8 Å². The molecule has 0 amide bonds. The van der Waals surface area contributed by atoms with Crippen molar-refractivity contribution in [2.75, 3.05) is 13.2 Å². The van der Waals surface area contributed by atoms with E-state index in [0.717, 1.165) is 33.9 Å². The number of fused-ring (bicyclic) bond motifs is 1. The topological polar surface area (TPSA) is 48.3 Å². The molecular formula is C21H21ClFN3O2. The third-order valence-electron chi connectivity index (χ3n) is 4.67. The van der Waals surface area contributed by atoms with Gasteiger partial charge in [-0.25, -0.2) is 9.07 Å². The van der Waals surface area contributed by atoms with Crippen molar-refractivity contribution in [3.63, 3.8) is 0 Å². The van der Waals surface area contributed by atoms with Crippen molar-refractivity contribution in [2.24, 2.45) is 0 Å². The van der Waals surface area contributed by atoms with E-state index < -0.39 is 0 Å². The van der Waals surface area contributed by atoms with Gasteiger partial charge in [-0.3, -0.25) is 0 Å². The van der Waals surface area contributed by atoms with E-state index >= 15 is 0 Å². The van der Waals surface area contributed by atoms with Gasteiger partial charge in [-0.1, -0.05) is 29.8 Å². The Morgan fingerprint density at radius 2 is 1.75 bits per heavy atom. The average Bonchev–Trinajstić information content (AvgIpc) is 2.97. The van der Waals surface area contributed by atoms with E-state index in [4.69, 9.17) is 21.1 Å². The molecule has 1 aromatic heterocycles. The minimum Gasteiger partial charge on any atom is -0.486 e. The van der Waals surface area contributed by atoms with Crippen molar-refractivity contribution < 1.29 is 13.9 Å². The maximum atomic E-state index is 13.1. The minimum atomic E-state index is -0.254. The molecule has 0 unspecified atom stereocenters. The quantitative estimate of drug-likeness (QED) is 0.675. The van der Waals surface area contributed by atoms with Crippen LogP contribution >= 0.6 is 11.6 Å². The molecule has 0 spiro atoms. The van der Waals surface area contributed by atoms with Crippen LogP contribution in [0.1, 0.15) is 22.4 Å². The maximum absolute atomic E-state index is 13.1. The van der Waals surface area contributed by atoms with E-state index in [1.807, 2.05) is 25.1 Å². The molecule has 1 N–H and O–H groups in total. The van der Waals surface area contributed by atoms with E-state index in [9.17, 15) is 4.39 Å². The fourth-order valence-electron chi connectivity index (χ4n) is 3.19. The Bertz CT molecular complexity index is 973. The number of nitrogens with zero attached hydrogens (tertiary/aromatic N) is 2. The summed E-state index contributed by atoms with van der Waals surface area (Å²) < 4.78 is 26.0. The molecule has 1 aliphatic rings. The number of ether oxygens (including phenoxy) is 2. The van der Waals surface area contributed by atoms with Gasteiger partial charge in [-0.15, -0.1) is 0 Å². The van der Waals surface area contributed by atoms with Gasteiger partial charge in [0.1, 0.15) is 24.2 Å². The van der Waals surface area contributed by atoms with E-state index in [1.165, 1.54) is 12.1 Å². The first-order chi connectivity index (χ1) is 13.6. The molecule has 146 valence electrons. The Morgan fingerprint density at radius 3 is 2.54 bits per heavy atom. The van der Waals surface area contributed by atoms with Crippen molar-refractivity contribution in [3.05, 3.63) is 75.8 Å². The van der Waals surface area contributed by atoms with Crippen LogP contribution in [0.2, 0.25) is 5.15 Å². The molecule has 0 fully saturated rings. The first kappa shape index (κ1) is 18.8. The second-order valence-corrected chi connectivity index (χ2v) is 7.08. The van der Waals surface area contributed by atoms with Gasteiger partial charge in [-0.2, -0.15) is 5.10 Å². The predicted molar refractivity (Wildman–Crippen MR) is 105 cm³/mol. The molecule has 0 atom stereocenters. The fourth-order valence-corrected chi connectivity index (χ4v) is 3.49. The summed E-state index contributed by atoms with van der Waals surface area (Å²) in [7, 11) is 0. The third-order valence-corrected chi connectivity index (χ3v) is 5.09. The van der Waals surface area contributed by atoms with Crippen molar-refractivity contribution in [1.82, 2.24) is 15.1 Å². The number of benzene rings is 2. The highest BCUT2D eigenvalue weighted by molar-refractivity contribution is 6.30. The summed E-state index contributed by atoms with van der Waals surface area (Å²) in [6.07, 6.45) is 0. The summed E-state index contributed by atoms with van der Waals surface area (Å²) in [6, 6.07) is 12.3. The van der Waals surface area contributed by atoms with Crippen molar-refractivity contribution >= 4 is 11.6 Å². The number of rotatable bonds is 6. The van der Waals surface area contributed by atoms with Gasteiger partial charge < -0.3 is 14.8 Å². The van der Waals surface area contributed by atoms with Gasteiger partial charge >= 0.3 is 0 Å². The Morgan fingerprint density at radius 1 is 1.04 bits per heavy atom. The summed E-state index contributed by atoms with van der Waals surface area (Å²) >= 11 is 6.54. The average molecular weight is 402 g/mol. The highest BCUT2D eigenvalue weighted by Crippen LogP contribution is 2.30. The van der Waals surface area contributed by atoms with E-state index in [0.29, 0.717) is 38.0 Å². The number of halogens is 2. The molecule has 2 heterocycles. The lowest BCUT2D eigenvalue weighted by atomic mass is 10.2. The molecule has 0 bridgehead atoms. The maximum Gasteiger partial charge on any atom is 0.161 e. The van der Waals surface area contributed by atoms with Gasteiger partial charge in [0.05, 0.1) is 12.2 Å². The number of nitrogens with one attached hydrogen (secondary N) is 1. The van der Waals surface area contributed by atoms with Crippen LogP contribution in [0.25, 0.3) is 0 Å². The van der Waals surface area contributed by atoms with Crippen LogP contribution in [0.15, 0.2) is 42.5 Å². The molecule has 28 heavy (non-hydrogen) atoms. The van der Waals surface area contributed by atoms with Gasteiger partial charge in [0.25, 0.3) is 0 Å². The molecule has 7 heteroatoms. The smallest absolute Gasteiger partial charge is 0.161 e. The molecule has 2 aromatic carbocycles. The fraction of sp³-hybridized carbons (Fsp3) is 0.286. The van der Waals surface area contributed by atoms with E-state index in [2.05, 4.69) is 10.4 Å². The first-order valence-corrected chi connectivity index (χ1v) is 9.53. The zero-order valence-corrected chi connectivity index (χ0v) is 16.3. The monoisotopic (exact) mass is 401 g/mol. The standard InChI is InChI=1S/C21H21ClFN3O2/c1-14-18(21(22)26(25-14)13-15-2-5-17(23)6-3-15)12-24-11-16-4-7-19-20(10-16)28-9-8-27-19/h2-7,10,24H,8-9,11-13H2,1H3. The van der Waals surface area contributed by atoms with Crippen molar-refractivity contribution in [2.45, 2.75) is 26.6 Å². The van der Waals surface area contributed by atoms with Gasteiger partial charge in [0.15, 0.2) is 11.5 Å². The summed E-state index contributed by atoms with van der Waals surface area (Å²) in [5, 5.41) is 8.53. The molecule has 3 aromatic rings. The van der Waals surface area contributed by atoms with Crippen LogP contribution in [0, 0.1) is 12.7 Å². The zero-order valence-electron chi connectivity index (χ0n) is 15.5. The Balaban J connectivity index is 1.39. The molecule has 5 nitrogen and oxygen atoms in total. The largest absolute Gasteiger partial charge is 0.486 e. The molecular weight excluding hydrogens is 381 g/mol. The summed E-state index contributed by atoms with van der Waals surface area (Å²) in [5.41, 5.74) is 3.89. The Labute approximate surface area is 168 Å². The van der Waals surface area contributed by atoms with Gasteiger partial charge in [0.2, 0.25) is 0 Å². The van der Waals surface area contributed by atoms with Crippen LogP contribution in [-0.2, 0) is 19.6 Å². The van der Waals surface area contributed by atoms with Crippen molar-refractivity contribution in [3.8, 4) is 11.5 Å². The third kappa shape index (κ3) is 4.13. The van der Waals surface area contributed by atoms with E-state index in [-0.39, 0.29) is 5.82 Å². The summed E-state index contributed by atoms with van der Waals surface area (Å²) in [4.78, 5) is 0. The normalized spacial score (nSPS) is 13.0. The van der Waals surface area contributed by atoms with Crippen LogP contribution in [0.3, 0.4) is 0 Å². The van der Waals surface area contributed by atoms with Crippen LogP contribution in [0.4, 0.5) is 4.39 Å². The summed E-state index contributed by atoms with van der Waals surface area (Å²) in [6.45, 7) is 4.88. The number of aryl methyl sites for hydroxylation is 1. The van der Waals surface area contributed by atoms with Crippen LogP contribution in [-0.4, -0.2) is 23.0 Å². The van der Waals surface area contributed by atoms with E-state index in [1.54, 1.807) is 16.8 Å². The second-order valence-electron chi connectivity index (χ2n) is 6.72. The lowest BCUT2D eigenvalue weighted by Crippen LogP contribution is -2.17. The lowest BCUT2D eigenvalue weighted by Gasteiger charge is -2.19. The number of aromatic nitrogens is 2. The Kier molecular flexibility index (Phi) is 5.50. The highest BCUT2D eigenvalue weighted by Gasteiger charge is 2.14. The molecule has 1 aliphatic heterocycles. The first-order valence-electron chi connectivity index (χ1n) is 9.15. The SMILES string of the molecule is Cc1nn(Cc2ccc(F)cc2)c(Cl)c1CNCc1ccc2c(c1)OCCO2. The van der Waals surface area contributed by atoms with Gasteiger partial charge in [0, 0.05) is 18.7 Å². The predicted octanol–water partition coefficient (Wildman–Crippen LogP) is 4.09. The number of hydrogen-bond donors (Lipinski definition) is 1. The molecule has 0 saturated heterocycles. The van der Waals surface area contributed by atoms with Crippen molar-refractivity contribution in [1.29, 1.82) is 0 Å². The molecule has 0 aliphatic carbocycles. The molecule has 0 saturated carbocycles. The van der Waals surface area contributed by atoms with Gasteiger partial charge in [-0.05, 0) is 42.3 Å². The molecule has 4 rings (SSSR count). The second kappa shape index (κ2) is 8.20. The molecule has 0 radical (unpaired) electrons. The Hall–Kier alpha value is -2.57. The number of hydrogen-bond acceptors (Lipinski definition) is 4. The van der Waals surface area contributed by atoms with Crippen LogP contribution in [0.5, 0.6) is 11.5 Å². The highest BCUT2D eigenvalue weighted by atomic mass is 35.5.